The van der Waals surface area contributed by atoms with Gasteiger partial charge in [0.05, 0.1) is 10.8 Å². The van der Waals surface area contributed by atoms with E-state index in [2.05, 4.69) is 5.32 Å². The number of sulfone groups is 1. The Balaban J connectivity index is 1.73. The second-order valence-corrected chi connectivity index (χ2v) is 14.4. The van der Waals surface area contributed by atoms with Gasteiger partial charge in [0, 0.05) is 30.1 Å². The van der Waals surface area contributed by atoms with Gasteiger partial charge in [-0.25, -0.2) is 8.42 Å². The molecule has 0 saturated carbocycles. The maximum absolute atomic E-state index is 14.3. The van der Waals surface area contributed by atoms with Crippen LogP contribution < -0.4 is 5.32 Å². The predicted molar refractivity (Wildman–Crippen MR) is 149 cm³/mol. The molecule has 8 nitrogen and oxygen atoms in total. The molecule has 1 fully saturated rings. The topological polar surface area (TPSA) is 104 Å². The highest BCUT2D eigenvalue weighted by Crippen LogP contribution is 2.38. The molecule has 2 aromatic rings. The Bertz CT molecular complexity index is 1300. The number of carbonyl (C=O) groups is 3. The first kappa shape index (κ1) is 28.6. The molecular weight excluding hydrogens is 546 g/mol. The molecule has 3 unspecified atom stereocenters. The summed E-state index contributed by atoms with van der Waals surface area (Å²) in [6, 6.07) is 6.95. The lowest BCUT2D eigenvalue weighted by Gasteiger charge is -2.45. The Morgan fingerprint density at radius 2 is 1.84 bits per heavy atom. The largest absolute Gasteiger partial charge is 0.343 e. The molecule has 1 aromatic carbocycles. The van der Waals surface area contributed by atoms with Crippen molar-refractivity contribution in [3.05, 3.63) is 56.7 Å². The van der Waals surface area contributed by atoms with Crippen LogP contribution in [0.25, 0.3) is 0 Å². The third-order valence-corrected chi connectivity index (χ3v) is 9.51. The Labute approximate surface area is 233 Å². The Morgan fingerprint density at radius 3 is 2.37 bits per heavy atom. The SMILES string of the molecule is CC(C)CC1C(=O)NC(C2Cc3ccccc3C2)C(=O)N1C(C(=O)N(C)CCS(C)(=O)=O)c1cc(Cl)cs1. The minimum atomic E-state index is -3.31. The van der Waals surface area contributed by atoms with Gasteiger partial charge in [0.25, 0.3) is 5.91 Å². The normalized spacial score (nSPS) is 20.9. The van der Waals surface area contributed by atoms with Gasteiger partial charge in [-0.3, -0.25) is 14.4 Å². The quantitative estimate of drug-likeness (QED) is 0.492. The molecule has 0 bridgehead atoms. The van der Waals surface area contributed by atoms with Crippen molar-refractivity contribution in [1.82, 2.24) is 15.1 Å². The third-order valence-electron chi connectivity index (χ3n) is 7.25. The van der Waals surface area contributed by atoms with Crippen molar-refractivity contribution in [2.24, 2.45) is 11.8 Å². The van der Waals surface area contributed by atoms with E-state index in [1.54, 1.807) is 11.4 Å². The molecule has 1 aliphatic carbocycles. The van der Waals surface area contributed by atoms with Gasteiger partial charge in [-0.2, -0.15) is 0 Å². The molecule has 1 aliphatic heterocycles. The zero-order valence-corrected chi connectivity index (χ0v) is 24.4. The van der Waals surface area contributed by atoms with Crippen molar-refractivity contribution >= 4 is 50.5 Å². The number of piperazine rings is 1. The number of fused-ring (bicyclic) bond motifs is 1. The maximum atomic E-state index is 14.3. The number of hydrogen-bond acceptors (Lipinski definition) is 6. The number of halogens is 1. The van der Waals surface area contributed by atoms with E-state index in [0.29, 0.717) is 29.2 Å². The molecule has 2 aliphatic rings. The number of amides is 3. The van der Waals surface area contributed by atoms with E-state index in [4.69, 9.17) is 11.6 Å². The summed E-state index contributed by atoms with van der Waals surface area (Å²) in [5.74, 6) is -1.28. The molecule has 11 heteroatoms. The highest BCUT2D eigenvalue weighted by atomic mass is 35.5. The van der Waals surface area contributed by atoms with Crippen molar-refractivity contribution in [3.63, 3.8) is 0 Å². The summed E-state index contributed by atoms with van der Waals surface area (Å²) in [4.78, 5) is 45.1. The van der Waals surface area contributed by atoms with Gasteiger partial charge < -0.3 is 15.1 Å². The molecule has 3 atom stereocenters. The zero-order chi connectivity index (χ0) is 27.8. The number of nitrogens with zero attached hydrogens (tertiary/aromatic N) is 2. The van der Waals surface area contributed by atoms with Gasteiger partial charge in [-0.05, 0) is 48.3 Å². The third kappa shape index (κ3) is 6.24. The highest BCUT2D eigenvalue weighted by Gasteiger charge is 2.50. The molecule has 0 radical (unpaired) electrons. The van der Waals surface area contributed by atoms with Crippen LogP contribution in [-0.4, -0.2) is 73.6 Å². The fourth-order valence-corrected chi connectivity index (χ4v) is 7.12. The molecule has 1 N–H and O–H groups in total. The van der Waals surface area contributed by atoms with E-state index < -0.39 is 33.9 Å². The number of carbonyl (C=O) groups excluding carboxylic acids is 3. The minimum Gasteiger partial charge on any atom is -0.343 e. The average Bonchev–Trinajstić information content (AvgIpc) is 3.46. The van der Waals surface area contributed by atoms with Crippen LogP contribution in [0.5, 0.6) is 0 Å². The molecule has 2 heterocycles. The lowest BCUT2D eigenvalue weighted by Crippen LogP contribution is -2.67. The van der Waals surface area contributed by atoms with Gasteiger partial charge in [0.15, 0.2) is 0 Å². The van der Waals surface area contributed by atoms with E-state index in [-0.39, 0.29) is 35.9 Å². The summed E-state index contributed by atoms with van der Waals surface area (Å²) in [5, 5.41) is 5.11. The molecule has 3 amide bonds. The van der Waals surface area contributed by atoms with Gasteiger partial charge >= 0.3 is 0 Å². The lowest BCUT2D eigenvalue weighted by atomic mass is 9.88. The molecule has 0 spiro atoms. The number of thiophene rings is 1. The Morgan fingerprint density at radius 1 is 1.21 bits per heavy atom. The van der Waals surface area contributed by atoms with E-state index >= 15 is 0 Å². The van der Waals surface area contributed by atoms with Crippen molar-refractivity contribution in [2.45, 2.75) is 51.2 Å². The summed E-state index contributed by atoms with van der Waals surface area (Å²) >= 11 is 7.49. The fraction of sp³-hybridized carbons (Fsp3) is 0.519. The number of rotatable bonds is 9. The van der Waals surface area contributed by atoms with Crippen molar-refractivity contribution in [3.8, 4) is 0 Å². The molecular formula is C27H34ClN3O5S2. The number of likely N-dealkylation sites (N-methyl/N-ethyl adjacent to an activating group) is 1. The van der Waals surface area contributed by atoms with Crippen LogP contribution in [0.2, 0.25) is 5.02 Å². The predicted octanol–water partition coefficient (Wildman–Crippen LogP) is 3.10. The molecule has 4 rings (SSSR count). The maximum Gasteiger partial charge on any atom is 0.250 e. The second-order valence-electron chi connectivity index (χ2n) is 10.8. The first-order valence-electron chi connectivity index (χ1n) is 12.7. The van der Waals surface area contributed by atoms with E-state index in [1.807, 2.05) is 38.1 Å². The lowest BCUT2D eigenvalue weighted by molar-refractivity contribution is -0.159. The molecule has 206 valence electrons. The van der Waals surface area contributed by atoms with Gasteiger partial charge in [-0.1, -0.05) is 49.7 Å². The zero-order valence-electron chi connectivity index (χ0n) is 22.0. The average molecular weight is 580 g/mol. The van der Waals surface area contributed by atoms with Gasteiger partial charge in [0.1, 0.15) is 28.0 Å². The number of nitrogens with one attached hydrogen (secondary N) is 1. The van der Waals surface area contributed by atoms with Crippen LogP contribution in [0.1, 0.15) is 42.3 Å². The van der Waals surface area contributed by atoms with Gasteiger partial charge in [-0.15, -0.1) is 11.3 Å². The monoisotopic (exact) mass is 579 g/mol. The van der Waals surface area contributed by atoms with Crippen LogP contribution in [0.15, 0.2) is 35.7 Å². The summed E-state index contributed by atoms with van der Waals surface area (Å²) in [7, 11) is -1.79. The van der Waals surface area contributed by atoms with E-state index in [9.17, 15) is 22.8 Å². The molecule has 1 aromatic heterocycles. The van der Waals surface area contributed by atoms with E-state index in [1.165, 1.54) is 28.2 Å². The fourth-order valence-electron chi connectivity index (χ4n) is 5.35. The molecule has 38 heavy (non-hydrogen) atoms. The summed E-state index contributed by atoms with van der Waals surface area (Å²) in [6.45, 7) is 3.90. The summed E-state index contributed by atoms with van der Waals surface area (Å²) < 4.78 is 23.6. The van der Waals surface area contributed by atoms with Crippen LogP contribution in [0.4, 0.5) is 0 Å². The first-order chi connectivity index (χ1) is 17.9. The number of hydrogen-bond donors (Lipinski definition) is 1. The van der Waals surface area contributed by atoms with Crippen molar-refractivity contribution < 1.29 is 22.8 Å². The standard InChI is InChI=1S/C27H34ClN3O5S2/c1-16(2)11-21-25(32)29-23(19-12-17-7-5-6-8-18(17)13-19)26(33)31(21)24(22-14-20(28)15-37-22)27(34)30(3)9-10-38(4,35)36/h5-8,14-16,19,21,23-24H,9-13H2,1-4H3,(H,29,32). The van der Waals surface area contributed by atoms with Crippen LogP contribution in [0, 0.1) is 11.8 Å². The molecule has 1 saturated heterocycles. The van der Waals surface area contributed by atoms with Crippen molar-refractivity contribution in [2.75, 3.05) is 25.6 Å². The summed E-state index contributed by atoms with van der Waals surface area (Å²) in [6.07, 6.45) is 2.81. The Kier molecular flexibility index (Phi) is 8.54. The van der Waals surface area contributed by atoms with Crippen LogP contribution >= 0.6 is 22.9 Å². The van der Waals surface area contributed by atoms with Crippen molar-refractivity contribution in [1.29, 1.82) is 0 Å². The smallest absolute Gasteiger partial charge is 0.250 e. The summed E-state index contributed by atoms with van der Waals surface area (Å²) in [5.41, 5.74) is 2.32. The van der Waals surface area contributed by atoms with Gasteiger partial charge in [0.2, 0.25) is 11.8 Å². The minimum absolute atomic E-state index is 0.0300. The first-order valence-corrected chi connectivity index (χ1v) is 16.0. The van der Waals surface area contributed by atoms with Crippen LogP contribution in [0.3, 0.4) is 0 Å². The highest BCUT2D eigenvalue weighted by molar-refractivity contribution is 7.90. The second kappa shape index (κ2) is 11.4. The Hall–Kier alpha value is -2.43. The number of benzene rings is 1. The van der Waals surface area contributed by atoms with Crippen LogP contribution in [-0.2, 0) is 37.1 Å². The van der Waals surface area contributed by atoms with E-state index in [0.717, 1.165) is 17.4 Å².